The van der Waals surface area contributed by atoms with Crippen LogP contribution in [0.2, 0.25) is 0 Å². The summed E-state index contributed by atoms with van der Waals surface area (Å²) in [7, 11) is 3.55. The van der Waals surface area contributed by atoms with Crippen molar-refractivity contribution in [1.82, 2.24) is 9.97 Å². The predicted octanol–water partition coefficient (Wildman–Crippen LogP) is 2.01. The van der Waals surface area contributed by atoms with E-state index in [0.717, 1.165) is 3.57 Å². The smallest absolute Gasteiger partial charge is 0.262 e. The molecule has 0 saturated carbocycles. The van der Waals surface area contributed by atoms with Gasteiger partial charge in [-0.1, -0.05) is 0 Å². The maximum Gasteiger partial charge on any atom is 0.262 e. The summed E-state index contributed by atoms with van der Waals surface area (Å²) in [5, 5.41) is 0. The molecule has 0 saturated heterocycles. The molecule has 0 aliphatic heterocycles. The van der Waals surface area contributed by atoms with Crippen molar-refractivity contribution in [2.24, 2.45) is 0 Å². The third kappa shape index (κ3) is 4.22. The molecule has 0 aliphatic rings. The highest BCUT2D eigenvalue weighted by Gasteiger charge is 2.18. The van der Waals surface area contributed by atoms with Gasteiger partial charge in [0.15, 0.2) is 5.82 Å². The van der Waals surface area contributed by atoms with Crippen LogP contribution in [-0.2, 0) is 10.0 Å². The van der Waals surface area contributed by atoms with E-state index in [2.05, 4.69) is 37.3 Å². The summed E-state index contributed by atoms with van der Waals surface area (Å²) in [5.41, 5.74) is 0.333. The summed E-state index contributed by atoms with van der Waals surface area (Å²) in [4.78, 5) is 12.2. The number of sulfonamides is 1. The number of nitrogens with zero attached hydrogens (tertiary/aromatic N) is 4. The molecule has 0 bridgehead atoms. The number of hydrogen-bond donors (Lipinski definition) is 1. The summed E-state index contributed by atoms with van der Waals surface area (Å²) >= 11 is 2.13. The molecule has 0 spiro atoms. The monoisotopic (exact) mass is 447 g/mol. The van der Waals surface area contributed by atoms with E-state index in [1.807, 2.05) is 14.1 Å². The van der Waals surface area contributed by atoms with Gasteiger partial charge in [0.2, 0.25) is 5.95 Å². The Morgan fingerprint density at radius 1 is 1.04 bits per heavy atom. The zero-order valence-corrected chi connectivity index (χ0v) is 16.3. The fourth-order valence-corrected chi connectivity index (χ4v) is 3.21. The fourth-order valence-electron chi connectivity index (χ4n) is 1.81. The van der Waals surface area contributed by atoms with Crippen LogP contribution >= 0.6 is 22.6 Å². The quantitative estimate of drug-likeness (QED) is 0.707. The van der Waals surface area contributed by atoms with Gasteiger partial charge in [-0.25, -0.2) is 13.4 Å². The predicted molar refractivity (Wildman–Crippen MR) is 101 cm³/mol. The highest BCUT2D eigenvalue weighted by atomic mass is 127. The van der Waals surface area contributed by atoms with E-state index in [1.54, 1.807) is 48.2 Å². The Kier molecular flexibility index (Phi) is 5.30. The van der Waals surface area contributed by atoms with Gasteiger partial charge in [0.25, 0.3) is 10.0 Å². The van der Waals surface area contributed by atoms with Crippen molar-refractivity contribution in [2.45, 2.75) is 4.90 Å². The second kappa shape index (κ2) is 6.87. The molecule has 0 unspecified atom stereocenters. The summed E-state index contributed by atoms with van der Waals surface area (Å²) in [6, 6.07) is 6.62. The van der Waals surface area contributed by atoms with Crippen LogP contribution in [0.5, 0.6) is 0 Å². The minimum absolute atomic E-state index is 0.194. The molecule has 2 aromatic rings. The van der Waals surface area contributed by atoms with E-state index in [0.29, 0.717) is 17.5 Å². The molecule has 0 fully saturated rings. The molecule has 1 aromatic carbocycles. The zero-order valence-electron chi connectivity index (χ0n) is 13.3. The SMILES string of the molecule is CN(C)c1ncc(NS(=O)(=O)c2ccc(I)cc2)c(N(C)C)n1. The van der Waals surface area contributed by atoms with Crippen LogP contribution in [0.4, 0.5) is 17.5 Å². The van der Waals surface area contributed by atoms with Crippen LogP contribution in [0, 0.1) is 3.57 Å². The first-order valence-corrected chi connectivity index (χ1v) is 9.27. The lowest BCUT2D eigenvalue weighted by Crippen LogP contribution is -2.21. The van der Waals surface area contributed by atoms with Crippen molar-refractivity contribution in [2.75, 3.05) is 42.7 Å². The van der Waals surface area contributed by atoms with E-state index in [-0.39, 0.29) is 4.90 Å². The fraction of sp³-hybridized carbons (Fsp3) is 0.286. The largest absolute Gasteiger partial charge is 0.361 e. The molecule has 0 aliphatic carbocycles. The first kappa shape index (κ1) is 17.7. The molecule has 1 heterocycles. The molecular weight excluding hydrogens is 429 g/mol. The number of rotatable bonds is 5. The Labute approximate surface area is 149 Å². The number of aromatic nitrogens is 2. The topological polar surface area (TPSA) is 78.4 Å². The number of anilines is 3. The molecule has 9 heteroatoms. The van der Waals surface area contributed by atoms with Crippen molar-refractivity contribution in [3.63, 3.8) is 0 Å². The van der Waals surface area contributed by atoms with Crippen molar-refractivity contribution in [1.29, 1.82) is 0 Å². The molecule has 0 amide bonds. The summed E-state index contributed by atoms with van der Waals surface area (Å²) in [6.45, 7) is 0. The number of hydrogen-bond acceptors (Lipinski definition) is 6. The van der Waals surface area contributed by atoms with Crippen LogP contribution in [0.15, 0.2) is 35.4 Å². The lowest BCUT2D eigenvalue weighted by molar-refractivity contribution is 0.601. The van der Waals surface area contributed by atoms with Gasteiger partial charge in [-0.05, 0) is 46.9 Å². The molecule has 23 heavy (non-hydrogen) atoms. The van der Waals surface area contributed by atoms with Crippen LogP contribution in [0.1, 0.15) is 0 Å². The molecular formula is C14H18IN5O2S. The Morgan fingerprint density at radius 3 is 2.17 bits per heavy atom. The molecule has 1 N–H and O–H groups in total. The zero-order chi connectivity index (χ0) is 17.2. The van der Waals surface area contributed by atoms with Gasteiger partial charge in [0.1, 0.15) is 5.69 Å². The normalized spacial score (nSPS) is 11.2. The Balaban J connectivity index is 2.40. The summed E-state index contributed by atoms with van der Waals surface area (Å²) < 4.78 is 28.5. The Hall–Kier alpha value is -1.62. The van der Waals surface area contributed by atoms with Crippen LogP contribution in [0.25, 0.3) is 0 Å². The molecule has 2 rings (SSSR count). The van der Waals surface area contributed by atoms with Crippen LogP contribution in [0.3, 0.4) is 0 Å². The van der Waals surface area contributed by atoms with E-state index in [4.69, 9.17) is 0 Å². The highest BCUT2D eigenvalue weighted by Crippen LogP contribution is 2.26. The van der Waals surface area contributed by atoms with Crippen LogP contribution < -0.4 is 14.5 Å². The van der Waals surface area contributed by atoms with Gasteiger partial charge < -0.3 is 9.80 Å². The number of nitrogens with one attached hydrogen (secondary N) is 1. The first-order valence-electron chi connectivity index (χ1n) is 6.71. The maximum atomic E-state index is 12.5. The van der Waals surface area contributed by atoms with Gasteiger partial charge >= 0.3 is 0 Å². The summed E-state index contributed by atoms with van der Waals surface area (Å²) in [5.74, 6) is 1.00. The van der Waals surface area contributed by atoms with Crippen molar-refractivity contribution in [3.05, 3.63) is 34.0 Å². The summed E-state index contributed by atoms with van der Waals surface area (Å²) in [6.07, 6.45) is 1.47. The number of benzene rings is 1. The van der Waals surface area contributed by atoms with Crippen molar-refractivity contribution >= 4 is 50.1 Å². The third-order valence-corrected chi connectivity index (χ3v) is 5.05. The number of halogens is 1. The van der Waals surface area contributed by atoms with Crippen molar-refractivity contribution < 1.29 is 8.42 Å². The Morgan fingerprint density at radius 2 is 1.65 bits per heavy atom. The lowest BCUT2D eigenvalue weighted by atomic mass is 10.4. The molecule has 1 aromatic heterocycles. The highest BCUT2D eigenvalue weighted by molar-refractivity contribution is 14.1. The third-order valence-electron chi connectivity index (χ3n) is 2.95. The second-order valence-electron chi connectivity index (χ2n) is 5.26. The second-order valence-corrected chi connectivity index (χ2v) is 8.18. The van der Waals surface area contributed by atoms with Gasteiger partial charge in [0.05, 0.1) is 11.1 Å². The van der Waals surface area contributed by atoms with E-state index in [9.17, 15) is 8.42 Å². The average molecular weight is 447 g/mol. The Bertz CT molecular complexity index is 791. The van der Waals surface area contributed by atoms with E-state index < -0.39 is 10.0 Å². The van der Waals surface area contributed by atoms with Gasteiger partial charge in [-0.15, -0.1) is 0 Å². The maximum absolute atomic E-state index is 12.5. The van der Waals surface area contributed by atoms with E-state index in [1.165, 1.54) is 6.20 Å². The molecule has 0 radical (unpaired) electrons. The standard InChI is InChI=1S/C14H18IN5O2S/c1-19(2)13-12(9-16-14(17-13)20(3)4)18-23(21,22)11-7-5-10(15)6-8-11/h5-9,18H,1-4H3. The van der Waals surface area contributed by atoms with Gasteiger partial charge in [-0.3, -0.25) is 4.72 Å². The van der Waals surface area contributed by atoms with Gasteiger partial charge in [0, 0.05) is 31.8 Å². The molecule has 124 valence electrons. The average Bonchev–Trinajstić information content (AvgIpc) is 2.47. The first-order chi connectivity index (χ1) is 10.7. The van der Waals surface area contributed by atoms with Crippen LogP contribution in [-0.4, -0.2) is 46.6 Å². The molecule has 0 atom stereocenters. The minimum Gasteiger partial charge on any atom is -0.361 e. The minimum atomic E-state index is -3.69. The van der Waals surface area contributed by atoms with Crippen molar-refractivity contribution in [3.8, 4) is 0 Å². The van der Waals surface area contributed by atoms with E-state index >= 15 is 0 Å². The lowest BCUT2D eigenvalue weighted by Gasteiger charge is -2.19. The van der Waals surface area contributed by atoms with Gasteiger partial charge in [-0.2, -0.15) is 4.98 Å². The molecule has 7 nitrogen and oxygen atoms in total.